The number of hydrogen-bond acceptors (Lipinski definition) is 2. The molecule has 0 bridgehead atoms. The summed E-state index contributed by atoms with van der Waals surface area (Å²) in [5, 5.41) is 10.2. The monoisotopic (exact) mass is 194 g/mol. The Balaban J connectivity index is 2.32. The first-order chi connectivity index (χ1) is 6.20. The molecule has 0 saturated heterocycles. The SMILES string of the molecule is CC(S)[C@H]1Cc2ccccc2[C@H]1O. The van der Waals surface area contributed by atoms with Gasteiger partial charge in [-0.3, -0.25) is 0 Å². The fourth-order valence-electron chi connectivity index (χ4n) is 2.04. The van der Waals surface area contributed by atoms with E-state index in [-0.39, 0.29) is 17.3 Å². The molecule has 0 aromatic heterocycles. The molecule has 1 aliphatic rings. The molecule has 2 rings (SSSR count). The molecular weight excluding hydrogens is 180 g/mol. The Bertz CT molecular complexity index is 309. The van der Waals surface area contributed by atoms with E-state index in [0.717, 1.165) is 12.0 Å². The molecule has 2 heteroatoms. The van der Waals surface area contributed by atoms with E-state index >= 15 is 0 Å². The van der Waals surface area contributed by atoms with Crippen LogP contribution in [0.2, 0.25) is 0 Å². The summed E-state index contributed by atoms with van der Waals surface area (Å²) in [4.78, 5) is 0. The molecule has 0 amide bonds. The van der Waals surface area contributed by atoms with Crippen molar-refractivity contribution in [2.45, 2.75) is 24.7 Å². The molecule has 0 saturated carbocycles. The van der Waals surface area contributed by atoms with Crippen molar-refractivity contribution in [1.82, 2.24) is 0 Å². The van der Waals surface area contributed by atoms with Gasteiger partial charge in [0.2, 0.25) is 0 Å². The zero-order valence-electron chi connectivity index (χ0n) is 7.64. The van der Waals surface area contributed by atoms with Crippen LogP contribution in [0.25, 0.3) is 0 Å². The number of aliphatic hydroxyl groups excluding tert-OH is 1. The first-order valence-electron chi connectivity index (χ1n) is 4.64. The molecule has 0 heterocycles. The van der Waals surface area contributed by atoms with Crippen molar-refractivity contribution in [3.8, 4) is 0 Å². The van der Waals surface area contributed by atoms with Gasteiger partial charge in [0.1, 0.15) is 0 Å². The lowest BCUT2D eigenvalue weighted by Crippen LogP contribution is -2.16. The highest BCUT2D eigenvalue weighted by molar-refractivity contribution is 7.80. The first-order valence-corrected chi connectivity index (χ1v) is 5.15. The van der Waals surface area contributed by atoms with Crippen LogP contribution in [0, 0.1) is 5.92 Å². The van der Waals surface area contributed by atoms with Crippen LogP contribution in [-0.2, 0) is 6.42 Å². The largest absolute Gasteiger partial charge is 0.388 e. The van der Waals surface area contributed by atoms with E-state index in [9.17, 15) is 5.11 Å². The number of aliphatic hydroxyl groups is 1. The van der Waals surface area contributed by atoms with Crippen molar-refractivity contribution in [1.29, 1.82) is 0 Å². The van der Waals surface area contributed by atoms with Crippen molar-refractivity contribution in [3.63, 3.8) is 0 Å². The van der Waals surface area contributed by atoms with E-state index in [2.05, 4.69) is 18.7 Å². The van der Waals surface area contributed by atoms with Gasteiger partial charge in [-0.25, -0.2) is 0 Å². The quantitative estimate of drug-likeness (QED) is 0.657. The van der Waals surface area contributed by atoms with Gasteiger partial charge in [0.25, 0.3) is 0 Å². The fourth-order valence-corrected chi connectivity index (χ4v) is 2.31. The molecule has 0 aliphatic heterocycles. The Labute approximate surface area is 84.2 Å². The molecule has 13 heavy (non-hydrogen) atoms. The van der Waals surface area contributed by atoms with Gasteiger partial charge in [0.15, 0.2) is 0 Å². The Kier molecular flexibility index (Phi) is 2.35. The van der Waals surface area contributed by atoms with E-state index in [1.165, 1.54) is 5.56 Å². The van der Waals surface area contributed by atoms with Crippen LogP contribution in [0.15, 0.2) is 24.3 Å². The van der Waals surface area contributed by atoms with Crippen molar-refractivity contribution in [2.24, 2.45) is 5.92 Å². The number of hydrogen-bond donors (Lipinski definition) is 2. The maximum absolute atomic E-state index is 9.96. The normalized spacial score (nSPS) is 28.5. The van der Waals surface area contributed by atoms with Crippen molar-refractivity contribution < 1.29 is 5.11 Å². The van der Waals surface area contributed by atoms with Crippen LogP contribution >= 0.6 is 12.6 Å². The molecule has 0 spiro atoms. The van der Waals surface area contributed by atoms with Crippen LogP contribution in [0.5, 0.6) is 0 Å². The lowest BCUT2D eigenvalue weighted by molar-refractivity contribution is 0.124. The van der Waals surface area contributed by atoms with Crippen molar-refractivity contribution >= 4 is 12.6 Å². The van der Waals surface area contributed by atoms with E-state index in [4.69, 9.17) is 0 Å². The minimum absolute atomic E-state index is 0.252. The average Bonchev–Trinajstić information content (AvgIpc) is 2.45. The topological polar surface area (TPSA) is 20.2 Å². The smallest absolute Gasteiger partial charge is 0.0834 e. The molecule has 70 valence electrons. The lowest BCUT2D eigenvalue weighted by Gasteiger charge is -2.17. The van der Waals surface area contributed by atoms with Crippen molar-refractivity contribution in [3.05, 3.63) is 35.4 Å². The number of benzene rings is 1. The summed E-state index contributed by atoms with van der Waals surface area (Å²) in [6.45, 7) is 2.04. The Morgan fingerprint density at radius 3 is 2.77 bits per heavy atom. The average molecular weight is 194 g/mol. The predicted molar refractivity (Wildman–Crippen MR) is 57.0 cm³/mol. The molecule has 1 aromatic carbocycles. The first kappa shape index (κ1) is 9.10. The minimum atomic E-state index is -0.316. The second-order valence-electron chi connectivity index (χ2n) is 3.75. The summed E-state index contributed by atoms with van der Waals surface area (Å²) in [7, 11) is 0. The highest BCUT2D eigenvalue weighted by atomic mass is 32.1. The third-order valence-corrected chi connectivity index (χ3v) is 3.24. The van der Waals surface area contributed by atoms with Crippen molar-refractivity contribution in [2.75, 3.05) is 0 Å². The molecular formula is C11H14OS. The molecule has 1 unspecified atom stereocenters. The Hall–Kier alpha value is -0.470. The number of rotatable bonds is 1. The number of fused-ring (bicyclic) bond motifs is 1. The number of thiol groups is 1. The summed E-state index contributed by atoms with van der Waals surface area (Å²) >= 11 is 4.40. The van der Waals surface area contributed by atoms with Gasteiger partial charge in [-0.05, 0) is 17.5 Å². The van der Waals surface area contributed by atoms with E-state index < -0.39 is 0 Å². The molecule has 1 aliphatic carbocycles. The fraction of sp³-hybridized carbons (Fsp3) is 0.455. The Morgan fingerprint density at radius 1 is 1.46 bits per heavy atom. The maximum atomic E-state index is 9.96. The van der Waals surface area contributed by atoms with Gasteiger partial charge in [-0.1, -0.05) is 31.2 Å². The summed E-state index contributed by atoms with van der Waals surface area (Å²) < 4.78 is 0. The van der Waals surface area contributed by atoms with E-state index in [1.54, 1.807) is 0 Å². The van der Waals surface area contributed by atoms with Gasteiger partial charge < -0.3 is 5.11 Å². The summed E-state index contributed by atoms with van der Waals surface area (Å²) in [6, 6.07) is 8.11. The van der Waals surface area contributed by atoms with Crippen LogP contribution < -0.4 is 0 Å². The third kappa shape index (κ3) is 1.49. The van der Waals surface area contributed by atoms with Crippen LogP contribution in [0.3, 0.4) is 0 Å². The highest BCUT2D eigenvalue weighted by Gasteiger charge is 2.32. The van der Waals surface area contributed by atoms with Gasteiger partial charge >= 0.3 is 0 Å². The van der Waals surface area contributed by atoms with Gasteiger partial charge in [-0.15, -0.1) is 0 Å². The third-order valence-electron chi connectivity index (χ3n) is 2.85. The molecule has 1 aromatic rings. The molecule has 0 fully saturated rings. The summed E-state index contributed by atoms with van der Waals surface area (Å²) in [5.74, 6) is 0.278. The van der Waals surface area contributed by atoms with E-state index in [1.807, 2.05) is 25.1 Å². The zero-order chi connectivity index (χ0) is 9.42. The van der Waals surface area contributed by atoms with Crippen LogP contribution in [-0.4, -0.2) is 10.4 Å². The molecule has 1 N–H and O–H groups in total. The van der Waals surface area contributed by atoms with Gasteiger partial charge in [0, 0.05) is 11.2 Å². The second-order valence-corrected chi connectivity index (χ2v) is 4.57. The zero-order valence-corrected chi connectivity index (χ0v) is 8.54. The standard InChI is InChI=1S/C11H14OS/c1-7(13)10-6-8-4-2-3-5-9(8)11(10)12/h2-5,7,10-13H,6H2,1H3/t7?,10-,11-/m1/s1. The molecule has 0 radical (unpaired) electrons. The lowest BCUT2D eigenvalue weighted by atomic mass is 10.0. The molecule has 1 nitrogen and oxygen atoms in total. The Morgan fingerprint density at radius 2 is 2.15 bits per heavy atom. The maximum Gasteiger partial charge on any atom is 0.0834 e. The summed E-state index contributed by atoms with van der Waals surface area (Å²) in [6.07, 6.45) is 0.644. The van der Waals surface area contributed by atoms with Gasteiger partial charge in [0.05, 0.1) is 6.10 Å². The molecule has 3 atom stereocenters. The van der Waals surface area contributed by atoms with E-state index in [0.29, 0.717) is 0 Å². The second kappa shape index (κ2) is 3.35. The van der Waals surface area contributed by atoms with Crippen LogP contribution in [0.4, 0.5) is 0 Å². The summed E-state index contributed by atoms with van der Waals surface area (Å²) in [5.41, 5.74) is 2.37. The van der Waals surface area contributed by atoms with Gasteiger partial charge in [-0.2, -0.15) is 12.6 Å². The van der Waals surface area contributed by atoms with Crippen LogP contribution in [0.1, 0.15) is 24.2 Å². The highest BCUT2D eigenvalue weighted by Crippen LogP contribution is 2.38. The predicted octanol–water partition coefficient (Wildman–Crippen LogP) is 2.21. The minimum Gasteiger partial charge on any atom is -0.388 e.